The zero-order chi connectivity index (χ0) is 20.1. The molecule has 2 aromatic rings. The van der Waals surface area contributed by atoms with Crippen molar-refractivity contribution in [3.05, 3.63) is 64.8 Å². The molecular formula is C20H18ClF3N2O2. The summed E-state index contributed by atoms with van der Waals surface area (Å²) >= 11 is 6.06. The van der Waals surface area contributed by atoms with Gasteiger partial charge in [-0.3, -0.25) is 4.79 Å². The summed E-state index contributed by atoms with van der Waals surface area (Å²) in [7, 11) is 0. The summed E-state index contributed by atoms with van der Waals surface area (Å²) in [4.78, 5) is 17.7. The molecule has 1 aromatic carbocycles. The zero-order valence-electron chi connectivity index (χ0n) is 14.8. The Labute approximate surface area is 165 Å². The van der Waals surface area contributed by atoms with E-state index in [0.29, 0.717) is 31.0 Å². The van der Waals surface area contributed by atoms with Crippen molar-refractivity contribution in [3.8, 4) is 5.88 Å². The minimum absolute atomic E-state index is 0.119. The predicted octanol–water partition coefficient (Wildman–Crippen LogP) is 4.84. The molecule has 1 fully saturated rings. The topological polar surface area (TPSA) is 42.4 Å². The first-order chi connectivity index (χ1) is 13.3. The number of carbonyl (C=O) groups is 1. The number of benzene rings is 1. The highest BCUT2D eigenvalue weighted by Crippen LogP contribution is 2.29. The van der Waals surface area contributed by atoms with Gasteiger partial charge < -0.3 is 9.64 Å². The molecule has 3 rings (SSSR count). The van der Waals surface area contributed by atoms with Crippen molar-refractivity contribution in [2.75, 3.05) is 13.1 Å². The van der Waals surface area contributed by atoms with Gasteiger partial charge in [0.1, 0.15) is 6.10 Å². The van der Waals surface area contributed by atoms with Crippen molar-refractivity contribution in [2.24, 2.45) is 0 Å². The molecule has 1 aliphatic rings. The van der Waals surface area contributed by atoms with E-state index in [1.54, 1.807) is 17.0 Å². The zero-order valence-corrected chi connectivity index (χ0v) is 15.6. The molecule has 148 valence electrons. The van der Waals surface area contributed by atoms with Crippen molar-refractivity contribution in [2.45, 2.75) is 25.1 Å². The van der Waals surface area contributed by atoms with Crippen LogP contribution in [0.15, 0.2) is 48.7 Å². The van der Waals surface area contributed by atoms with Crippen LogP contribution in [0.1, 0.15) is 24.0 Å². The van der Waals surface area contributed by atoms with Gasteiger partial charge in [-0.05, 0) is 23.8 Å². The Kier molecular flexibility index (Phi) is 6.24. The van der Waals surface area contributed by atoms with Crippen LogP contribution in [-0.4, -0.2) is 35.0 Å². The molecule has 0 spiro atoms. The van der Waals surface area contributed by atoms with Crippen LogP contribution in [-0.2, 0) is 11.0 Å². The van der Waals surface area contributed by atoms with Crippen molar-refractivity contribution in [3.63, 3.8) is 0 Å². The van der Waals surface area contributed by atoms with E-state index < -0.39 is 11.7 Å². The van der Waals surface area contributed by atoms with Crippen LogP contribution in [0.3, 0.4) is 0 Å². The smallest absolute Gasteiger partial charge is 0.417 e. The SMILES string of the molecule is O=C(C=Cc1ccccc1Cl)N1CCC(Oc2ccc(C(F)(F)F)cn2)CC1. The lowest BCUT2D eigenvalue weighted by molar-refractivity contribution is -0.137. The maximum atomic E-state index is 12.6. The van der Waals surface area contributed by atoms with Gasteiger partial charge >= 0.3 is 6.18 Å². The Morgan fingerprint density at radius 1 is 1.18 bits per heavy atom. The van der Waals surface area contributed by atoms with Gasteiger partial charge in [-0.25, -0.2) is 4.98 Å². The molecule has 4 nitrogen and oxygen atoms in total. The number of amides is 1. The monoisotopic (exact) mass is 410 g/mol. The van der Waals surface area contributed by atoms with Crippen LogP contribution in [0.4, 0.5) is 13.2 Å². The number of piperidine rings is 1. The molecule has 0 radical (unpaired) electrons. The Hall–Kier alpha value is -2.54. The first-order valence-electron chi connectivity index (χ1n) is 8.74. The van der Waals surface area contributed by atoms with Gasteiger partial charge in [0.25, 0.3) is 0 Å². The fourth-order valence-electron chi connectivity index (χ4n) is 2.86. The lowest BCUT2D eigenvalue weighted by Gasteiger charge is -2.31. The molecule has 1 saturated heterocycles. The maximum absolute atomic E-state index is 12.6. The van der Waals surface area contributed by atoms with Gasteiger partial charge in [0.2, 0.25) is 11.8 Å². The second-order valence-corrected chi connectivity index (χ2v) is 6.79. The lowest BCUT2D eigenvalue weighted by Crippen LogP contribution is -2.41. The molecule has 0 unspecified atom stereocenters. The second-order valence-electron chi connectivity index (χ2n) is 6.38. The van der Waals surface area contributed by atoms with Gasteiger partial charge in [-0.1, -0.05) is 29.8 Å². The molecule has 0 bridgehead atoms. The van der Waals surface area contributed by atoms with E-state index in [4.69, 9.17) is 16.3 Å². The molecule has 2 heterocycles. The van der Waals surface area contributed by atoms with Gasteiger partial charge in [0, 0.05) is 49.3 Å². The first kappa shape index (κ1) is 20.2. The van der Waals surface area contributed by atoms with E-state index in [9.17, 15) is 18.0 Å². The number of hydrogen-bond acceptors (Lipinski definition) is 3. The highest BCUT2D eigenvalue weighted by atomic mass is 35.5. The molecule has 1 amide bonds. The summed E-state index contributed by atoms with van der Waals surface area (Å²) in [6, 6.07) is 9.40. The Balaban J connectivity index is 1.50. The van der Waals surface area contributed by atoms with Gasteiger partial charge in [-0.2, -0.15) is 13.2 Å². The van der Waals surface area contributed by atoms with Crippen molar-refractivity contribution < 1.29 is 22.7 Å². The largest absolute Gasteiger partial charge is 0.474 e. The van der Waals surface area contributed by atoms with Crippen LogP contribution in [0.5, 0.6) is 5.88 Å². The van der Waals surface area contributed by atoms with Crippen molar-refractivity contribution in [1.82, 2.24) is 9.88 Å². The van der Waals surface area contributed by atoms with E-state index in [0.717, 1.165) is 17.8 Å². The Morgan fingerprint density at radius 3 is 2.50 bits per heavy atom. The minimum Gasteiger partial charge on any atom is -0.474 e. The molecule has 1 aromatic heterocycles. The standard InChI is InChI=1S/C20H18ClF3N2O2/c21-17-4-2-1-3-14(17)5-8-19(27)26-11-9-16(10-12-26)28-18-7-6-15(13-25-18)20(22,23)24/h1-8,13,16H,9-12H2. The summed E-state index contributed by atoms with van der Waals surface area (Å²) in [5.41, 5.74) is -0.0466. The molecule has 8 heteroatoms. The number of aromatic nitrogens is 1. The highest BCUT2D eigenvalue weighted by molar-refractivity contribution is 6.32. The molecule has 0 N–H and O–H groups in total. The average Bonchev–Trinajstić information content (AvgIpc) is 2.67. The molecule has 0 aliphatic carbocycles. The maximum Gasteiger partial charge on any atom is 0.417 e. The number of nitrogens with zero attached hydrogens (tertiary/aromatic N) is 2. The van der Waals surface area contributed by atoms with E-state index >= 15 is 0 Å². The molecule has 0 saturated carbocycles. The van der Waals surface area contributed by atoms with E-state index in [1.165, 1.54) is 12.1 Å². The average molecular weight is 411 g/mol. The number of alkyl halides is 3. The normalized spacial score (nSPS) is 15.8. The van der Waals surface area contributed by atoms with E-state index in [2.05, 4.69) is 4.98 Å². The van der Waals surface area contributed by atoms with Crippen LogP contribution < -0.4 is 4.74 Å². The number of hydrogen-bond donors (Lipinski definition) is 0. The molecule has 28 heavy (non-hydrogen) atoms. The summed E-state index contributed by atoms with van der Waals surface area (Å²) in [5.74, 6) is 0.0300. The third-order valence-electron chi connectivity index (χ3n) is 4.42. The summed E-state index contributed by atoms with van der Waals surface area (Å²) < 4.78 is 43.3. The van der Waals surface area contributed by atoms with Crippen LogP contribution in [0, 0.1) is 0 Å². The van der Waals surface area contributed by atoms with Crippen LogP contribution >= 0.6 is 11.6 Å². The number of likely N-dealkylation sites (tertiary alicyclic amines) is 1. The quantitative estimate of drug-likeness (QED) is 0.677. The fourth-order valence-corrected chi connectivity index (χ4v) is 3.06. The van der Waals surface area contributed by atoms with Crippen LogP contribution in [0.2, 0.25) is 5.02 Å². The number of halogens is 4. The van der Waals surface area contributed by atoms with Crippen molar-refractivity contribution >= 4 is 23.6 Å². The van der Waals surface area contributed by atoms with Crippen LogP contribution in [0.25, 0.3) is 6.08 Å². The molecular weight excluding hydrogens is 393 g/mol. The van der Waals surface area contributed by atoms with Gasteiger partial charge in [0.15, 0.2) is 0 Å². The fraction of sp³-hybridized carbons (Fsp3) is 0.300. The summed E-state index contributed by atoms with van der Waals surface area (Å²) in [6.45, 7) is 0.994. The van der Waals surface area contributed by atoms with Gasteiger partial charge in [0.05, 0.1) is 5.56 Å². The number of carbonyl (C=O) groups excluding carboxylic acids is 1. The third-order valence-corrected chi connectivity index (χ3v) is 4.76. The number of rotatable bonds is 4. The molecule has 0 atom stereocenters. The Bertz CT molecular complexity index is 845. The van der Waals surface area contributed by atoms with Gasteiger partial charge in [-0.15, -0.1) is 0 Å². The predicted molar refractivity (Wildman–Crippen MR) is 100.0 cm³/mol. The summed E-state index contributed by atoms with van der Waals surface area (Å²) in [5, 5.41) is 0.572. The first-order valence-corrected chi connectivity index (χ1v) is 9.12. The second kappa shape index (κ2) is 8.65. The Morgan fingerprint density at radius 2 is 1.89 bits per heavy atom. The van der Waals surface area contributed by atoms with E-state index in [-0.39, 0.29) is 17.9 Å². The number of ether oxygens (including phenoxy) is 1. The van der Waals surface area contributed by atoms with E-state index in [1.807, 2.05) is 18.2 Å². The highest BCUT2D eigenvalue weighted by Gasteiger charge is 2.31. The lowest BCUT2D eigenvalue weighted by atomic mass is 10.1. The summed E-state index contributed by atoms with van der Waals surface area (Å²) in [6.07, 6.45) is 0.463. The molecule has 1 aliphatic heterocycles. The minimum atomic E-state index is -4.42. The van der Waals surface area contributed by atoms with Crippen molar-refractivity contribution in [1.29, 1.82) is 0 Å². The third kappa shape index (κ3) is 5.25. The number of pyridine rings is 1.